The number of unbranched alkanes of at least 4 members (excludes halogenated alkanes) is 24. The van der Waals surface area contributed by atoms with Crippen LogP contribution < -0.4 is 111 Å². The number of ether oxygens (including phenoxy) is 4. The van der Waals surface area contributed by atoms with Crippen LogP contribution in [0.3, 0.4) is 0 Å². The maximum atomic E-state index is 13.5. The largest absolute Gasteiger partial charge is 1.00 e. The topological polar surface area (TPSA) is 511 Å². The minimum Gasteiger partial charge on any atom is -0.756 e. The summed E-state index contributed by atoms with van der Waals surface area (Å²) in [5, 5.41) is 21.5. The number of amides is 8. The van der Waals surface area contributed by atoms with E-state index in [1.165, 1.54) is 170 Å². The van der Waals surface area contributed by atoms with E-state index in [-0.39, 0.29) is 186 Å². The molecule has 0 aromatic carbocycles. The van der Waals surface area contributed by atoms with Gasteiger partial charge in [-0.15, -0.1) is 13.2 Å². The van der Waals surface area contributed by atoms with Gasteiger partial charge in [-0.25, -0.2) is 18.7 Å². The molecule has 132 heavy (non-hydrogen) atoms. The maximum Gasteiger partial charge on any atom is 1.00 e. The van der Waals surface area contributed by atoms with Gasteiger partial charge in [-0.2, -0.15) is 0 Å². The molecule has 38 nitrogen and oxygen atoms in total. The Hall–Kier alpha value is -3.78. The molecule has 0 radical (unpaired) electrons. The third-order valence-corrected chi connectivity index (χ3v) is 24.6. The van der Waals surface area contributed by atoms with E-state index in [1.807, 2.05) is 0 Å². The van der Waals surface area contributed by atoms with Gasteiger partial charge < -0.3 is 89.4 Å². The van der Waals surface area contributed by atoms with Gasteiger partial charge in [0.05, 0.1) is 66.1 Å². The number of carbonyl (C=O) groups is 10. The zero-order valence-corrected chi connectivity index (χ0v) is 90.0. The van der Waals surface area contributed by atoms with Gasteiger partial charge in [0.2, 0.25) is 23.6 Å². The van der Waals surface area contributed by atoms with Crippen LogP contribution in [0.25, 0.3) is 0 Å². The summed E-state index contributed by atoms with van der Waals surface area (Å²) in [5.41, 5.74) is 0. The van der Waals surface area contributed by atoms with E-state index >= 15 is 0 Å². The summed E-state index contributed by atoms with van der Waals surface area (Å²) < 4.78 is 125. The van der Waals surface area contributed by atoms with Crippen molar-refractivity contribution in [1.29, 1.82) is 0 Å². The average molecular weight is 1990 g/mol. The average Bonchev–Trinajstić information content (AvgIpc) is 0.883. The molecule has 0 bridgehead atoms. The molecule has 0 aromatic heterocycles. The molecule has 0 aliphatic carbocycles. The van der Waals surface area contributed by atoms with Crippen LogP contribution in [0.15, 0.2) is 25.3 Å². The number of phosphoric ester groups is 4. The minimum absolute atomic E-state index is 0. The Balaban J connectivity index is -0.00000123. The Kier molecular flexibility index (Phi) is 89.1. The minimum atomic E-state index is -4.87. The smallest absolute Gasteiger partial charge is 0.756 e. The fourth-order valence-electron chi connectivity index (χ4n) is 13.6. The fraction of sp³-hybridized carbons (Fsp3) is 0.841. The van der Waals surface area contributed by atoms with Crippen molar-refractivity contribution in [2.24, 2.45) is 0 Å². The molecule has 0 aliphatic rings. The second kappa shape index (κ2) is 87.5. The molecule has 8 N–H and O–H groups in total. The van der Waals surface area contributed by atoms with Crippen molar-refractivity contribution in [3.8, 4) is 0 Å². The van der Waals surface area contributed by atoms with E-state index in [9.17, 15) is 76.0 Å². The standard InChI is InChI=1S/C47H88N4O15P2.C41H80N4O15P2.2Na/c1-9-13-15-17-19-21-23-25-43(50-39(5)52)27-29-45(65-41(7)54)37-63-67(57,59-33-11-3)61-35-31-48-47(56)49-32-36-62-68(58,60-34-12-4)64-38-46(66-42(8)55)30-28-44(51-40(6)53)26-24-22-20-18-16-14-10-2;1-7-9-11-13-15-17-19-21-37(44-33(3)46)23-25-39(59-35(5)48)31-57-61(51,52)55-29-27-42-41(50)43-28-30-56-62(53,54)58-32-40(60-36(6)49)26-24-38(45-34(4)47)22-20-18-16-14-12-10-8-2;;/h11-12,43-46H,3-4,9-10,13-38H2,1-2,5-8H3,(H,50,52)(H,51,53)(H2,48,49,56);37-40H,7-32H2,1-6H3,(H,44,46)(H,45,47)(H,51,52)(H,53,54)(H2,42,43,50);;/q;;2*+1/p-2. The Morgan fingerprint density at radius 1 is 0.280 bits per heavy atom. The molecule has 44 heteroatoms. The van der Waals surface area contributed by atoms with Crippen LogP contribution in [-0.2, 0) is 121 Å². The number of phosphoric acid groups is 4. The van der Waals surface area contributed by atoms with Gasteiger partial charge in [0.15, 0.2) is 0 Å². The Bertz CT molecular complexity index is 3080. The Morgan fingerprint density at radius 2 is 0.485 bits per heavy atom. The number of esters is 4. The van der Waals surface area contributed by atoms with E-state index in [0.717, 1.165) is 103 Å². The Morgan fingerprint density at radius 3 is 0.689 bits per heavy atom. The molecular weight excluding hydrogens is 1820 g/mol. The van der Waals surface area contributed by atoms with E-state index < -0.39 is 118 Å². The second-order valence-corrected chi connectivity index (χ2v) is 38.5. The van der Waals surface area contributed by atoms with E-state index in [4.69, 9.17) is 64.2 Å². The van der Waals surface area contributed by atoms with E-state index in [2.05, 4.69) is 83.4 Å². The molecule has 760 valence electrons. The number of carbonyl (C=O) groups excluding carboxylic acids is 10. The Labute approximate surface area is 832 Å². The third-order valence-electron chi connectivity index (χ3n) is 19.9. The molecule has 12 atom stereocenters. The van der Waals surface area contributed by atoms with Crippen LogP contribution in [0.5, 0.6) is 0 Å². The fourth-order valence-corrected chi connectivity index (χ4v) is 17.4. The van der Waals surface area contributed by atoms with Crippen LogP contribution in [0.4, 0.5) is 9.59 Å². The van der Waals surface area contributed by atoms with Crippen LogP contribution in [0.1, 0.15) is 340 Å². The van der Waals surface area contributed by atoms with Crippen LogP contribution in [-0.4, -0.2) is 200 Å². The molecule has 0 aromatic rings. The number of hydrogen-bond donors (Lipinski definition) is 8. The normalized spacial score (nSPS) is 14.8. The first-order valence-corrected chi connectivity index (χ1v) is 53.0. The second-order valence-electron chi connectivity index (χ2n) is 32.3. The van der Waals surface area contributed by atoms with Gasteiger partial charge in [0.1, 0.15) is 24.4 Å². The maximum absolute atomic E-state index is 13.5. The molecule has 0 rings (SSSR count). The van der Waals surface area contributed by atoms with Gasteiger partial charge in [0, 0.05) is 106 Å². The summed E-state index contributed by atoms with van der Waals surface area (Å²) in [7, 11) is -18.2. The van der Waals surface area contributed by atoms with Gasteiger partial charge in [-0.3, -0.25) is 74.6 Å². The van der Waals surface area contributed by atoms with Gasteiger partial charge in [-0.05, 0) is 77.0 Å². The third kappa shape index (κ3) is 87.7. The molecule has 0 fully saturated rings. The van der Waals surface area contributed by atoms with Crippen molar-refractivity contribution in [3.63, 3.8) is 0 Å². The summed E-state index contributed by atoms with van der Waals surface area (Å²) in [6, 6.07) is -2.08. The van der Waals surface area contributed by atoms with Crippen molar-refractivity contribution in [2.75, 3.05) is 92.2 Å². The predicted octanol–water partition coefficient (Wildman–Crippen LogP) is 9.70. The van der Waals surface area contributed by atoms with Crippen LogP contribution >= 0.6 is 31.3 Å². The summed E-state index contributed by atoms with van der Waals surface area (Å²) >= 11 is 0. The molecule has 0 spiro atoms. The summed E-state index contributed by atoms with van der Waals surface area (Å²) in [5.74, 6) is -3.09. The first kappa shape index (κ1) is 134. The molecule has 8 amide bonds. The van der Waals surface area contributed by atoms with Crippen LogP contribution in [0.2, 0.25) is 0 Å². The SMILES string of the molecule is C=CCOP(=O)(OCCNC(=O)NCCOP(=O)(OCC=C)OCC(CCC(CCCCCCCCC)NC(C)=O)OC(C)=O)OCC(CCC(CCCCCCCCC)NC(C)=O)OC(C)=O.CCCCCCCCCC(CCC(COP(=O)([O-])OCCNC(=O)NCCOP(=O)([O-])OCC(CCC(CCCCCCCCC)NC(C)=O)OC(C)=O)OC(C)=O)NC(C)=O.[Na+].[Na+]. The van der Waals surface area contributed by atoms with Gasteiger partial charge in [0.25, 0.3) is 15.6 Å². The van der Waals surface area contributed by atoms with E-state index in [1.54, 1.807) is 0 Å². The van der Waals surface area contributed by atoms with Crippen molar-refractivity contribution in [1.82, 2.24) is 42.5 Å². The van der Waals surface area contributed by atoms with E-state index in [0.29, 0.717) is 38.5 Å². The molecular formula is C88H166N8Na2O30P4. The van der Waals surface area contributed by atoms with Gasteiger partial charge >= 0.3 is 111 Å². The first-order valence-electron chi connectivity index (χ1n) is 47.2. The number of nitrogens with one attached hydrogen (secondary N) is 8. The monoisotopic (exact) mass is 1990 g/mol. The van der Waals surface area contributed by atoms with Crippen molar-refractivity contribution < 1.29 is 199 Å². The summed E-state index contributed by atoms with van der Waals surface area (Å²) in [4.78, 5) is 144. The molecule has 0 heterocycles. The molecule has 0 saturated heterocycles. The zero-order chi connectivity index (χ0) is 97.5. The predicted molar refractivity (Wildman–Crippen MR) is 493 cm³/mol. The summed E-state index contributed by atoms with van der Waals surface area (Å²) in [6.45, 7) is 22.1. The summed E-state index contributed by atoms with van der Waals surface area (Å²) in [6.07, 6.45) is 36.7. The number of rotatable bonds is 86. The van der Waals surface area contributed by atoms with Gasteiger partial charge in [-0.1, -0.05) is 220 Å². The number of hydrogen-bond acceptors (Lipinski definition) is 30. The van der Waals surface area contributed by atoms with Crippen molar-refractivity contribution in [2.45, 2.75) is 389 Å². The van der Waals surface area contributed by atoms with Crippen molar-refractivity contribution in [3.05, 3.63) is 25.3 Å². The zero-order valence-electron chi connectivity index (χ0n) is 82.4. The molecule has 12 unspecified atom stereocenters. The van der Waals surface area contributed by atoms with Crippen molar-refractivity contribution >= 4 is 90.9 Å². The molecule has 0 aliphatic heterocycles. The number of urea groups is 2. The van der Waals surface area contributed by atoms with Crippen LogP contribution in [0, 0.1) is 0 Å². The first-order chi connectivity index (χ1) is 61.9. The molecule has 0 saturated carbocycles. The quantitative estimate of drug-likeness (QED) is 0.00701.